The van der Waals surface area contributed by atoms with Crippen LogP contribution in [0.25, 0.3) is 16.8 Å². The van der Waals surface area contributed by atoms with Crippen LogP contribution in [0.2, 0.25) is 5.02 Å². The van der Waals surface area contributed by atoms with Crippen molar-refractivity contribution in [3.8, 4) is 16.8 Å². The number of halogens is 4. The summed E-state index contributed by atoms with van der Waals surface area (Å²) in [5, 5.41) is 7.13. The number of hydrogen-bond acceptors (Lipinski definition) is 3. The van der Waals surface area contributed by atoms with Crippen molar-refractivity contribution in [3.05, 3.63) is 64.7 Å². The van der Waals surface area contributed by atoms with Crippen LogP contribution in [0.3, 0.4) is 0 Å². The first-order valence-corrected chi connectivity index (χ1v) is 10.7. The Morgan fingerprint density at radius 3 is 2.12 bits per heavy atom. The van der Waals surface area contributed by atoms with Crippen molar-refractivity contribution in [1.29, 1.82) is 0 Å². The third-order valence-electron chi connectivity index (χ3n) is 5.12. The summed E-state index contributed by atoms with van der Waals surface area (Å²) in [6, 6.07) is 11.9. The summed E-state index contributed by atoms with van der Waals surface area (Å²) in [6.07, 6.45) is -4.61. The molecule has 5 nitrogen and oxygen atoms in total. The molecule has 0 spiro atoms. The fourth-order valence-electron chi connectivity index (χ4n) is 3.18. The molecule has 2 aromatic carbocycles. The minimum atomic E-state index is -4.61. The first-order valence-electron chi connectivity index (χ1n) is 10.3. The molecule has 3 rings (SSSR count). The Morgan fingerprint density at radius 1 is 0.970 bits per heavy atom. The van der Waals surface area contributed by atoms with Gasteiger partial charge in [0, 0.05) is 16.0 Å². The molecule has 0 bridgehead atoms. The molecule has 0 radical (unpaired) electrons. The number of nitrogens with one attached hydrogen (secondary N) is 1. The molecule has 0 aliphatic rings. The topological polar surface area (TPSA) is 59.8 Å². The maximum absolute atomic E-state index is 13.4. The molecular weight excluding hydrogens is 453 g/mol. The predicted octanol–water partition coefficient (Wildman–Crippen LogP) is 6.26. The Kier molecular flexibility index (Phi) is 6.37. The zero-order valence-corrected chi connectivity index (χ0v) is 20.1. The molecule has 0 atom stereocenters. The van der Waals surface area contributed by atoms with Crippen LogP contribution in [0, 0.1) is 6.92 Å². The van der Waals surface area contributed by atoms with Crippen molar-refractivity contribution in [2.24, 2.45) is 0 Å². The average Bonchev–Trinajstić information content (AvgIpc) is 3.09. The number of rotatable bonds is 4. The van der Waals surface area contributed by atoms with E-state index in [1.54, 1.807) is 41.9 Å². The Bertz CT molecular complexity index is 1180. The molecule has 33 heavy (non-hydrogen) atoms. The van der Waals surface area contributed by atoms with E-state index < -0.39 is 17.6 Å². The highest BCUT2D eigenvalue weighted by Crippen LogP contribution is 2.32. The zero-order chi connectivity index (χ0) is 24.8. The van der Waals surface area contributed by atoms with Gasteiger partial charge in [0.2, 0.25) is 0 Å². The Balaban J connectivity index is 2.18. The van der Waals surface area contributed by atoms with E-state index in [2.05, 4.69) is 15.4 Å². The van der Waals surface area contributed by atoms with Gasteiger partial charge < -0.3 is 5.32 Å². The summed E-state index contributed by atoms with van der Waals surface area (Å²) in [4.78, 5) is 17.5. The minimum absolute atomic E-state index is 0.0720. The number of hydrogen-bond donors (Lipinski definition) is 1. The molecule has 1 N–H and O–H groups in total. The summed E-state index contributed by atoms with van der Waals surface area (Å²) >= 11 is 6.00. The normalized spacial score (nSPS) is 12.7. The van der Waals surface area contributed by atoms with Crippen LogP contribution in [0.1, 0.15) is 56.6 Å². The lowest BCUT2D eigenvalue weighted by Crippen LogP contribution is -2.54. The second-order valence-corrected chi connectivity index (χ2v) is 9.93. The number of benzene rings is 2. The Labute approximate surface area is 196 Å². The summed E-state index contributed by atoms with van der Waals surface area (Å²) < 4.78 is 41.7. The van der Waals surface area contributed by atoms with Crippen molar-refractivity contribution in [1.82, 2.24) is 20.1 Å². The second-order valence-electron chi connectivity index (χ2n) is 9.50. The van der Waals surface area contributed by atoms with Crippen LogP contribution in [0.15, 0.2) is 42.5 Å². The smallest absolute Gasteiger partial charge is 0.338 e. The molecule has 0 saturated carbocycles. The summed E-state index contributed by atoms with van der Waals surface area (Å²) in [7, 11) is 0. The van der Waals surface area contributed by atoms with E-state index in [9.17, 15) is 18.0 Å². The number of carbonyl (C=O) groups excluding carboxylic acids is 1. The molecule has 0 unspecified atom stereocenters. The number of aromatic nitrogens is 3. The van der Waals surface area contributed by atoms with E-state index in [4.69, 9.17) is 11.6 Å². The van der Waals surface area contributed by atoms with E-state index in [1.165, 1.54) is 6.07 Å². The van der Waals surface area contributed by atoms with Gasteiger partial charge in [-0.1, -0.05) is 44.5 Å². The van der Waals surface area contributed by atoms with Crippen LogP contribution in [0.5, 0.6) is 0 Å². The molecule has 1 aromatic heterocycles. The summed E-state index contributed by atoms with van der Waals surface area (Å²) in [5.74, 6) is 0.361. The SMILES string of the molecule is Cc1nc(C(C)(C)C)n(-c2cc(C(=O)NC(C)(C)C(F)(F)F)cc(-c3ccc(Cl)cc3)c2)n1. The number of nitrogens with zero attached hydrogens (tertiary/aromatic N) is 3. The van der Waals surface area contributed by atoms with Crippen LogP contribution in [-0.4, -0.2) is 32.4 Å². The third kappa shape index (κ3) is 5.38. The van der Waals surface area contributed by atoms with Gasteiger partial charge in [0.05, 0.1) is 5.69 Å². The van der Waals surface area contributed by atoms with Crippen LogP contribution >= 0.6 is 11.6 Å². The van der Waals surface area contributed by atoms with Gasteiger partial charge in [-0.25, -0.2) is 9.67 Å². The third-order valence-corrected chi connectivity index (χ3v) is 5.37. The van der Waals surface area contributed by atoms with Crippen molar-refractivity contribution in [2.45, 2.75) is 58.7 Å². The molecule has 0 fully saturated rings. The second kappa shape index (κ2) is 8.48. The van der Waals surface area contributed by atoms with Crippen molar-refractivity contribution in [3.63, 3.8) is 0 Å². The molecule has 0 aliphatic heterocycles. The van der Waals surface area contributed by atoms with E-state index in [1.807, 2.05) is 26.8 Å². The molecule has 0 saturated heterocycles. The van der Waals surface area contributed by atoms with Gasteiger partial charge in [0.15, 0.2) is 0 Å². The van der Waals surface area contributed by atoms with Gasteiger partial charge in [0.25, 0.3) is 5.91 Å². The van der Waals surface area contributed by atoms with Gasteiger partial charge in [-0.2, -0.15) is 18.3 Å². The number of aryl methyl sites for hydroxylation is 1. The number of carbonyl (C=O) groups is 1. The number of alkyl halides is 3. The van der Waals surface area contributed by atoms with Gasteiger partial charge in [-0.3, -0.25) is 4.79 Å². The van der Waals surface area contributed by atoms with E-state index in [-0.39, 0.29) is 11.0 Å². The number of amides is 1. The monoisotopic (exact) mass is 478 g/mol. The molecule has 1 heterocycles. The zero-order valence-electron chi connectivity index (χ0n) is 19.3. The van der Waals surface area contributed by atoms with E-state index >= 15 is 0 Å². The average molecular weight is 479 g/mol. The minimum Gasteiger partial charge on any atom is -0.338 e. The molecular formula is C24H26ClF3N4O. The van der Waals surface area contributed by atoms with Gasteiger partial charge in [-0.05, 0) is 62.2 Å². The van der Waals surface area contributed by atoms with Gasteiger partial charge in [-0.15, -0.1) is 0 Å². The molecule has 9 heteroatoms. The Hall–Kier alpha value is -2.87. The standard InChI is InChI=1S/C24H26ClF3N4O/c1-14-29-21(22(2,3)4)32(31-14)19-12-16(15-7-9-18(25)10-8-15)11-17(13-19)20(33)30-23(5,6)24(26,27)28/h7-13H,1-6H3,(H,30,33). The largest absolute Gasteiger partial charge is 0.410 e. The first-order chi connectivity index (χ1) is 15.1. The fraction of sp³-hybridized carbons (Fsp3) is 0.375. The predicted molar refractivity (Wildman–Crippen MR) is 123 cm³/mol. The highest BCUT2D eigenvalue weighted by Gasteiger charge is 2.48. The molecule has 3 aromatic rings. The van der Waals surface area contributed by atoms with Crippen LogP contribution in [0.4, 0.5) is 13.2 Å². The first kappa shape index (κ1) is 24.8. The van der Waals surface area contributed by atoms with Crippen molar-refractivity contribution < 1.29 is 18.0 Å². The summed E-state index contributed by atoms with van der Waals surface area (Å²) in [5.41, 5.74) is -0.795. The highest BCUT2D eigenvalue weighted by molar-refractivity contribution is 6.30. The quantitative estimate of drug-likeness (QED) is 0.481. The van der Waals surface area contributed by atoms with Crippen molar-refractivity contribution >= 4 is 17.5 Å². The molecule has 176 valence electrons. The highest BCUT2D eigenvalue weighted by atomic mass is 35.5. The molecule has 1 amide bonds. The van der Waals surface area contributed by atoms with E-state index in [0.717, 1.165) is 19.4 Å². The maximum Gasteiger partial charge on any atom is 0.410 e. The fourth-order valence-corrected chi connectivity index (χ4v) is 3.31. The Morgan fingerprint density at radius 2 is 1.58 bits per heavy atom. The lowest BCUT2D eigenvalue weighted by atomic mass is 9.95. The maximum atomic E-state index is 13.4. The lowest BCUT2D eigenvalue weighted by Gasteiger charge is -2.29. The van der Waals surface area contributed by atoms with Crippen LogP contribution < -0.4 is 5.32 Å². The molecule has 0 aliphatic carbocycles. The summed E-state index contributed by atoms with van der Waals surface area (Å²) in [6.45, 7) is 9.55. The van der Waals surface area contributed by atoms with E-state index in [0.29, 0.717) is 27.9 Å². The van der Waals surface area contributed by atoms with Crippen molar-refractivity contribution in [2.75, 3.05) is 0 Å². The van der Waals surface area contributed by atoms with Gasteiger partial charge >= 0.3 is 6.18 Å². The van der Waals surface area contributed by atoms with Gasteiger partial charge in [0.1, 0.15) is 17.2 Å². The van der Waals surface area contributed by atoms with Crippen LogP contribution in [-0.2, 0) is 5.41 Å². The lowest BCUT2D eigenvalue weighted by molar-refractivity contribution is -0.182.